The summed E-state index contributed by atoms with van der Waals surface area (Å²) < 4.78 is 0. The van der Waals surface area contributed by atoms with Gasteiger partial charge in [-0.2, -0.15) is 9.81 Å². The van der Waals surface area contributed by atoms with Crippen LogP contribution >= 0.6 is 0 Å². The van der Waals surface area contributed by atoms with Crippen LogP contribution in [0, 0.1) is 56.2 Å². The van der Waals surface area contributed by atoms with Crippen LogP contribution in [0.5, 0.6) is 0 Å². The van der Waals surface area contributed by atoms with Crippen molar-refractivity contribution in [3.8, 4) is 0 Å². The Hall–Kier alpha value is -0.800. The van der Waals surface area contributed by atoms with Crippen molar-refractivity contribution in [2.75, 3.05) is 0 Å². The lowest BCUT2D eigenvalue weighted by molar-refractivity contribution is -0.0861. The first-order chi connectivity index (χ1) is 14.7. The average molecular weight is 433 g/mol. The molecule has 3 rings (SSSR count). The monoisotopic (exact) mass is 432 g/mol. The van der Waals surface area contributed by atoms with Gasteiger partial charge in [0.15, 0.2) is 0 Å². The van der Waals surface area contributed by atoms with Crippen molar-refractivity contribution in [2.45, 2.75) is 124 Å². The van der Waals surface area contributed by atoms with Crippen molar-refractivity contribution in [2.24, 2.45) is 56.7 Å². The Labute approximate surface area is 191 Å². The first-order valence-electron chi connectivity index (χ1n) is 13.3. The fraction of sp³-hybridized carbons (Fsp3) is 1.00. The normalized spacial score (nSPS) is 42.0. The molecule has 4 heteroatoms. The molecule has 3 aliphatic rings. The largest absolute Gasteiger partial charge is 0.151 e. The minimum absolute atomic E-state index is 0.0636. The molecule has 9 atom stereocenters. The molecular formula is C27H48N2O2. The fourth-order valence-electron chi connectivity index (χ4n) is 8.56. The Morgan fingerprint density at radius 1 is 0.871 bits per heavy atom. The van der Waals surface area contributed by atoms with Gasteiger partial charge < -0.3 is 0 Å². The van der Waals surface area contributed by atoms with Crippen LogP contribution in [-0.2, 0) is 0 Å². The standard InChI is InChI=1S/C27H48N2O2/c1-18(2)8-7-9-19(3)22-11-12-23-21-10-13-25(29-31)27(6,16-14-20(4)28-30)24(21)15-17-26(22,23)5/h18-25H,7-17H2,1-6H3/t19-,20?,21+,22-,23+,24+,25?,26-,27-/m1/s1. The lowest BCUT2D eigenvalue weighted by Crippen LogP contribution is -2.53. The van der Waals surface area contributed by atoms with Crippen molar-refractivity contribution in [1.82, 2.24) is 0 Å². The maximum atomic E-state index is 11.8. The topological polar surface area (TPSA) is 58.9 Å². The van der Waals surface area contributed by atoms with Crippen LogP contribution in [0.2, 0.25) is 0 Å². The highest BCUT2D eigenvalue weighted by atomic mass is 16.3. The molecule has 0 N–H and O–H groups in total. The fourth-order valence-corrected chi connectivity index (χ4v) is 8.56. The van der Waals surface area contributed by atoms with E-state index >= 15 is 0 Å². The molecule has 0 saturated heterocycles. The van der Waals surface area contributed by atoms with Gasteiger partial charge in [0.25, 0.3) is 0 Å². The van der Waals surface area contributed by atoms with Crippen molar-refractivity contribution in [3.05, 3.63) is 9.81 Å². The van der Waals surface area contributed by atoms with Crippen LogP contribution in [0.1, 0.15) is 112 Å². The molecule has 0 heterocycles. The molecule has 3 saturated carbocycles. The molecule has 0 spiro atoms. The molecule has 31 heavy (non-hydrogen) atoms. The van der Waals surface area contributed by atoms with E-state index in [0.29, 0.717) is 11.3 Å². The van der Waals surface area contributed by atoms with Gasteiger partial charge in [-0.15, -0.1) is 0 Å². The van der Waals surface area contributed by atoms with Crippen LogP contribution in [0.3, 0.4) is 0 Å². The van der Waals surface area contributed by atoms with Crippen molar-refractivity contribution in [3.63, 3.8) is 0 Å². The summed E-state index contributed by atoms with van der Waals surface area (Å²) in [4.78, 5) is 22.8. The third-order valence-corrected chi connectivity index (χ3v) is 10.4. The molecule has 0 aromatic heterocycles. The molecule has 3 fully saturated rings. The van der Waals surface area contributed by atoms with E-state index < -0.39 is 0 Å². The molecule has 3 aliphatic carbocycles. The first-order valence-corrected chi connectivity index (χ1v) is 13.3. The van der Waals surface area contributed by atoms with Crippen molar-refractivity contribution < 1.29 is 0 Å². The number of hydrogen-bond acceptors (Lipinski definition) is 4. The number of rotatable bonds is 10. The van der Waals surface area contributed by atoms with E-state index in [4.69, 9.17) is 0 Å². The summed E-state index contributed by atoms with van der Waals surface area (Å²) >= 11 is 0. The van der Waals surface area contributed by atoms with Gasteiger partial charge in [-0.25, -0.2) is 0 Å². The summed E-state index contributed by atoms with van der Waals surface area (Å²) in [5, 5.41) is 6.86. The molecule has 0 aliphatic heterocycles. The van der Waals surface area contributed by atoms with E-state index in [1.807, 2.05) is 6.92 Å². The van der Waals surface area contributed by atoms with Gasteiger partial charge in [-0.1, -0.05) is 64.2 Å². The van der Waals surface area contributed by atoms with Gasteiger partial charge in [0, 0.05) is 0 Å². The van der Waals surface area contributed by atoms with Crippen LogP contribution in [0.25, 0.3) is 0 Å². The van der Waals surface area contributed by atoms with E-state index in [1.54, 1.807) is 0 Å². The second-order valence-corrected chi connectivity index (χ2v) is 12.6. The second kappa shape index (κ2) is 10.00. The van der Waals surface area contributed by atoms with E-state index in [-0.39, 0.29) is 17.5 Å². The van der Waals surface area contributed by atoms with Gasteiger partial charge in [-0.05, 0) is 105 Å². The van der Waals surface area contributed by atoms with Gasteiger partial charge in [0.05, 0.1) is 12.1 Å². The average Bonchev–Trinajstić information content (AvgIpc) is 3.09. The van der Waals surface area contributed by atoms with Crippen LogP contribution in [0.15, 0.2) is 10.4 Å². The Morgan fingerprint density at radius 2 is 1.61 bits per heavy atom. The maximum absolute atomic E-state index is 11.8. The second-order valence-electron chi connectivity index (χ2n) is 12.6. The molecular weight excluding hydrogens is 384 g/mol. The Morgan fingerprint density at radius 3 is 2.26 bits per heavy atom. The quantitative estimate of drug-likeness (QED) is 0.325. The SMILES string of the molecule is CC(C)CCC[C@@H](C)[C@H]1CC[C@H]2[C@@H]3CCC(N=O)[C@](C)(CCC(C)N=O)[C@H]3CC[C@]12C. The van der Waals surface area contributed by atoms with Crippen LogP contribution in [0.4, 0.5) is 0 Å². The smallest absolute Gasteiger partial charge is 0.0975 e. The third kappa shape index (κ3) is 4.78. The highest BCUT2D eigenvalue weighted by Crippen LogP contribution is 2.66. The van der Waals surface area contributed by atoms with E-state index in [9.17, 15) is 9.81 Å². The van der Waals surface area contributed by atoms with Crippen molar-refractivity contribution >= 4 is 0 Å². The minimum Gasteiger partial charge on any atom is -0.151 e. The molecule has 0 radical (unpaired) electrons. The third-order valence-electron chi connectivity index (χ3n) is 10.4. The molecule has 0 aromatic carbocycles. The Kier molecular flexibility index (Phi) is 8.01. The summed E-state index contributed by atoms with van der Waals surface area (Å²) in [5.74, 6) is 4.61. The Balaban J connectivity index is 1.74. The lowest BCUT2D eigenvalue weighted by Gasteiger charge is -2.58. The summed E-state index contributed by atoms with van der Waals surface area (Å²) in [7, 11) is 0. The van der Waals surface area contributed by atoms with Crippen LogP contribution in [-0.4, -0.2) is 12.1 Å². The van der Waals surface area contributed by atoms with Gasteiger partial charge in [0.2, 0.25) is 0 Å². The summed E-state index contributed by atoms with van der Waals surface area (Å²) in [6, 6.07) is -0.259. The predicted molar refractivity (Wildman–Crippen MR) is 130 cm³/mol. The number of nitroso groups, excluding NO2 is 2. The molecule has 178 valence electrons. The predicted octanol–water partition coefficient (Wildman–Crippen LogP) is 8.38. The van der Waals surface area contributed by atoms with Gasteiger partial charge in [0.1, 0.15) is 0 Å². The molecule has 2 unspecified atom stereocenters. The zero-order valence-electron chi connectivity index (χ0n) is 21.1. The molecule has 0 aromatic rings. The summed E-state index contributed by atoms with van der Waals surface area (Å²) in [6.45, 7) is 14.0. The van der Waals surface area contributed by atoms with Gasteiger partial charge >= 0.3 is 0 Å². The maximum Gasteiger partial charge on any atom is 0.0975 e. The molecule has 4 nitrogen and oxygen atoms in total. The summed E-state index contributed by atoms with van der Waals surface area (Å²) in [6.07, 6.45) is 13.2. The minimum atomic E-state index is -0.166. The van der Waals surface area contributed by atoms with E-state index in [0.717, 1.165) is 48.9 Å². The van der Waals surface area contributed by atoms with E-state index in [2.05, 4.69) is 45.0 Å². The van der Waals surface area contributed by atoms with Crippen LogP contribution < -0.4 is 0 Å². The zero-order valence-corrected chi connectivity index (χ0v) is 21.1. The highest BCUT2D eigenvalue weighted by molar-refractivity contribution is 5.10. The lowest BCUT2D eigenvalue weighted by atomic mass is 9.47. The number of nitrogens with zero attached hydrogens (tertiary/aromatic N) is 2. The van der Waals surface area contributed by atoms with E-state index in [1.165, 1.54) is 51.4 Å². The van der Waals surface area contributed by atoms with Gasteiger partial charge in [-0.3, -0.25) is 0 Å². The molecule has 0 amide bonds. The first kappa shape index (κ1) is 24.8. The highest BCUT2D eigenvalue weighted by Gasteiger charge is 2.60. The van der Waals surface area contributed by atoms with Crippen molar-refractivity contribution in [1.29, 1.82) is 0 Å². The number of hydrogen-bond donors (Lipinski definition) is 0. The number of fused-ring (bicyclic) bond motifs is 3. The molecule has 0 bridgehead atoms. The summed E-state index contributed by atoms with van der Waals surface area (Å²) in [5.41, 5.74) is 0.407. The Bertz CT molecular complexity index is 622. The zero-order chi connectivity index (χ0) is 22.8.